The molecule has 15 rings (SSSR count). The van der Waals surface area contributed by atoms with Gasteiger partial charge in [-0.05, 0) is 239 Å². The fourth-order valence-corrected chi connectivity index (χ4v) is 25.4. The van der Waals surface area contributed by atoms with Crippen LogP contribution in [-0.2, 0) is 109 Å². The lowest BCUT2D eigenvalue weighted by atomic mass is 9.64. The minimum absolute atomic E-state index is 0.0352. The molecule has 5 saturated carbocycles. The summed E-state index contributed by atoms with van der Waals surface area (Å²) in [6.45, 7) is 40.3. The van der Waals surface area contributed by atoms with Gasteiger partial charge in [-0.15, -0.1) is 0 Å². The van der Waals surface area contributed by atoms with Gasteiger partial charge in [-0.2, -0.15) is 0 Å². The largest absolute Gasteiger partial charge is 0.481 e. The van der Waals surface area contributed by atoms with Crippen molar-refractivity contribution in [3.05, 3.63) is 58.2 Å². The van der Waals surface area contributed by atoms with Crippen LogP contribution in [0.4, 0.5) is 0 Å². The van der Waals surface area contributed by atoms with Crippen molar-refractivity contribution in [2.24, 2.45) is 41.4 Å². The summed E-state index contributed by atoms with van der Waals surface area (Å²) in [5.41, 5.74) is 4.39. The molecule has 3 N–H and O–H groups in total. The number of aliphatic hydroxyl groups excluding tert-OH is 1. The molecule has 10 heterocycles. The van der Waals surface area contributed by atoms with Gasteiger partial charge < -0.3 is 95.8 Å². The highest BCUT2D eigenvalue weighted by Gasteiger charge is 2.77. The molecule has 136 heavy (non-hydrogen) atoms. The van der Waals surface area contributed by atoms with E-state index in [1.54, 1.807) is 21.3 Å². The molecular weight excluding hydrogens is 1740 g/mol. The zero-order chi connectivity index (χ0) is 98.6. The van der Waals surface area contributed by atoms with Gasteiger partial charge in [-0.25, -0.2) is 0 Å². The normalized spacial score (nSPS) is 39.8. The van der Waals surface area contributed by atoms with Crippen LogP contribution in [0, 0.1) is 41.4 Å². The molecule has 26 nitrogen and oxygen atoms in total. The molecule has 5 aliphatic carbocycles. The van der Waals surface area contributed by atoms with Crippen LogP contribution in [-0.4, -0.2) is 241 Å². The van der Waals surface area contributed by atoms with Gasteiger partial charge in [0.25, 0.3) is 0 Å². The molecule has 30 atom stereocenters. The number of aliphatic carboxylic acids is 2. The summed E-state index contributed by atoms with van der Waals surface area (Å²) in [5, 5.41) is 26.9. The van der Waals surface area contributed by atoms with Crippen molar-refractivity contribution in [2.75, 3.05) is 54.4 Å². The lowest BCUT2D eigenvalue weighted by Gasteiger charge is -2.42. The molecule has 15 aliphatic rings. The predicted octanol–water partition coefficient (Wildman–Crippen LogP) is 20.3. The Labute approximate surface area is 813 Å². The molecule has 772 valence electrons. The van der Waals surface area contributed by atoms with Gasteiger partial charge in [0.05, 0.1) is 122 Å². The van der Waals surface area contributed by atoms with Gasteiger partial charge in [0.2, 0.25) is 0 Å². The number of allylic oxidation sites excluding steroid dienone is 5. The van der Waals surface area contributed by atoms with E-state index in [0.717, 1.165) is 245 Å². The number of rotatable bonds is 49. The van der Waals surface area contributed by atoms with Gasteiger partial charge in [-0.1, -0.05) is 149 Å². The molecule has 15 fully saturated rings. The van der Waals surface area contributed by atoms with E-state index in [4.69, 9.17) is 90.7 Å². The molecule has 5 spiro atoms. The number of unbranched alkanes of at least 4 members (excludes halogenated alkanes) is 15. The molecule has 10 saturated heterocycles. The Morgan fingerprint density at radius 3 is 0.721 bits per heavy atom. The molecule has 0 aromatic heterocycles. The van der Waals surface area contributed by atoms with Crippen LogP contribution in [0.5, 0.6) is 0 Å². The lowest BCUT2D eigenvalue weighted by molar-refractivity contribution is -0.172. The Kier molecular flexibility index (Phi) is 38.1. The summed E-state index contributed by atoms with van der Waals surface area (Å²) >= 11 is 0. The fraction of sp³-hybridized carbons (Fsp3) is 0.855. The summed E-state index contributed by atoms with van der Waals surface area (Å²) in [4.78, 5) is 71.9. The Morgan fingerprint density at radius 1 is 0.294 bits per heavy atom. The average molecular weight is 1910 g/mol. The van der Waals surface area contributed by atoms with Crippen molar-refractivity contribution in [2.45, 2.75) is 503 Å². The second-order valence-corrected chi connectivity index (χ2v) is 45.5. The maximum atomic E-state index is 12.9. The SMILES string of the molecule is CO[C@@H]1[C@H](O)CC[C@]2(CO2)[C@H]1[C@@]1(C)O[C@@H]1CC=C(C)C.CO[C@@H]1[C@H](OC(=O)CCCCCCCCC(=O)O[C@@H]2CC[C@]3(CO3)[C@@H]([C@@]3(C)O[C@@H]3CC=C(C)C)[C@@H]2C)CC[C@]2(CO2)[C@H]1[C@@]1(C)O[C@@H]1CC=C(C)C.CO[C@@H]1[C@H](OC(=O)CCCCCCCCC(=O)O[C@@H]2CC[C@]3(CO3)[C@@H]([C@@]3(C)O[C@@H]3CC=C(C)C)[C@@H]2C)CC[C@]2(CO2)[C@H]1[C@@]1(C)O[C@@H]1CC=C(C)C.O=C(O)CCCCCCCCC(=O)O. The van der Waals surface area contributed by atoms with E-state index in [1.165, 1.54) is 27.9 Å². The van der Waals surface area contributed by atoms with Crippen LogP contribution >= 0.6 is 0 Å². The maximum Gasteiger partial charge on any atom is 0.306 e. The third-order valence-electron chi connectivity index (χ3n) is 33.7. The summed E-state index contributed by atoms with van der Waals surface area (Å²) in [7, 11) is 5.11. The Hall–Kier alpha value is -5.04. The first-order chi connectivity index (χ1) is 64.6. The molecule has 0 radical (unpaired) electrons. The number of hydrogen-bond donors (Lipinski definition) is 3. The molecule has 0 amide bonds. The van der Waals surface area contributed by atoms with E-state index in [1.807, 2.05) is 0 Å². The van der Waals surface area contributed by atoms with Crippen LogP contribution in [0.15, 0.2) is 58.2 Å². The van der Waals surface area contributed by atoms with Crippen molar-refractivity contribution in [3.8, 4) is 0 Å². The van der Waals surface area contributed by atoms with Gasteiger partial charge in [0, 0.05) is 83.5 Å². The summed E-state index contributed by atoms with van der Waals surface area (Å²) in [5.74, 6) is -0.896. The Balaban J connectivity index is 0.000000182. The summed E-state index contributed by atoms with van der Waals surface area (Å²) in [6, 6.07) is 0. The van der Waals surface area contributed by atoms with E-state index in [0.29, 0.717) is 25.7 Å². The standard InChI is InChI=1S/2C42H66O9.C16H26O4.C10H18O4/c2*1-27(2)17-19-32-39(6,50-32)37-29(5)30(21-23-41(37)25-46-41)48-34(43)15-13-11-9-10-12-14-16-35(44)49-31-22-24-42(26-47-42)38(36(31)45-8)40(7)33(51-40)20-18-28(3)4;1-10(2)5-6-12-15(3,20-12)14-13(18-4)11(17)7-8-16(14)9-19-16;11-9(12)7-5-3-1-2-4-6-8-10(13)14/h2*17-18,29-33,36-38H,9-16,19-26H2,1-8H3;5,11-14,17H,6-9H2,1-4H3;1-8H2,(H,11,12)(H,13,14)/t2*29-,30-,31-,32-,33-,36-,37-,38-,39+,40+,41+,42+;11-,12-,13-,14-,15+,16+;/m111./s1. The molecule has 0 aromatic rings. The average Bonchev–Trinajstić information content (AvgIpc) is 1.54. The van der Waals surface area contributed by atoms with Crippen molar-refractivity contribution in [3.63, 3.8) is 0 Å². The molecule has 0 bridgehead atoms. The van der Waals surface area contributed by atoms with Crippen LogP contribution < -0.4 is 0 Å². The topological polar surface area (TPSA) is 353 Å². The van der Waals surface area contributed by atoms with Crippen LogP contribution in [0.2, 0.25) is 0 Å². The molecular formula is C110H176O26. The van der Waals surface area contributed by atoms with Gasteiger partial charge >= 0.3 is 35.8 Å². The smallest absolute Gasteiger partial charge is 0.306 e. The maximum absolute atomic E-state index is 12.9. The molecule has 0 unspecified atom stereocenters. The van der Waals surface area contributed by atoms with Gasteiger partial charge in [0.1, 0.15) is 64.6 Å². The predicted molar refractivity (Wildman–Crippen MR) is 516 cm³/mol. The van der Waals surface area contributed by atoms with Gasteiger partial charge in [0.15, 0.2) is 0 Å². The second kappa shape index (κ2) is 47.2. The van der Waals surface area contributed by atoms with Crippen LogP contribution in [0.1, 0.15) is 368 Å². The number of carbonyl (C=O) groups excluding carboxylic acids is 4. The number of esters is 4. The van der Waals surface area contributed by atoms with Crippen molar-refractivity contribution in [1.29, 1.82) is 0 Å². The van der Waals surface area contributed by atoms with E-state index in [2.05, 4.69) is 148 Å². The van der Waals surface area contributed by atoms with Crippen molar-refractivity contribution in [1.82, 2.24) is 0 Å². The minimum atomic E-state index is -0.740. The number of methoxy groups -OCH3 is 3. The van der Waals surface area contributed by atoms with Crippen molar-refractivity contribution < 1.29 is 125 Å². The number of carboxylic acids is 2. The second-order valence-electron chi connectivity index (χ2n) is 45.5. The zero-order valence-electron chi connectivity index (χ0n) is 86.8. The number of carbonyl (C=O) groups is 6. The first kappa shape index (κ1) is 110. The molecule has 10 aliphatic heterocycles. The first-order valence-corrected chi connectivity index (χ1v) is 52.8. The molecule has 0 aromatic carbocycles. The van der Waals surface area contributed by atoms with Crippen molar-refractivity contribution >= 4 is 35.8 Å². The minimum Gasteiger partial charge on any atom is -0.481 e. The monoisotopic (exact) mass is 1910 g/mol. The van der Waals surface area contributed by atoms with E-state index in [9.17, 15) is 33.9 Å². The summed E-state index contributed by atoms with van der Waals surface area (Å²) < 4.78 is 103. The third-order valence-corrected chi connectivity index (χ3v) is 33.7. The highest BCUT2D eigenvalue weighted by atomic mass is 16.7. The quantitative estimate of drug-likeness (QED) is 0.0167. The highest BCUT2D eigenvalue weighted by Crippen LogP contribution is 2.66. The highest BCUT2D eigenvalue weighted by molar-refractivity contribution is 5.71. The fourth-order valence-electron chi connectivity index (χ4n) is 25.4. The van der Waals surface area contributed by atoms with Crippen LogP contribution in [0.3, 0.4) is 0 Å². The summed E-state index contributed by atoms with van der Waals surface area (Å²) in [6.07, 6.45) is 42.1. The van der Waals surface area contributed by atoms with E-state index in [-0.39, 0.29) is 207 Å². The number of aliphatic hydroxyl groups is 1. The lowest BCUT2D eigenvalue weighted by Crippen LogP contribution is -2.55. The zero-order valence-corrected chi connectivity index (χ0v) is 86.8. The number of carboxylic acid groups (broad SMARTS) is 2. The number of epoxide rings is 10. The molecule has 26 heteroatoms. The van der Waals surface area contributed by atoms with Gasteiger partial charge in [-0.3, -0.25) is 28.8 Å². The number of ether oxygens (including phenoxy) is 17. The van der Waals surface area contributed by atoms with Crippen LogP contribution in [0.25, 0.3) is 0 Å². The first-order valence-electron chi connectivity index (χ1n) is 52.8. The van der Waals surface area contributed by atoms with E-state index >= 15 is 0 Å². The Morgan fingerprint density at radius 2 is 0.493 bits per heavy atom. The van der Waals surface area contributed by atoms with E-state index < -0.39 is 18.0 Å². The third kappa shape index (κ3) is 27.9. The Bertz CT molecular complexity index is 3890. The number of hydrogen-bond acceptors (Lipinski definition) is 24.